The summed E-state index contributed by atoms with van der Waals surface area (Å²) in [5.74, 6) is 4.45. The molecular formula is C14H24N2. The van der Waals surface area contributed by atoms with Gasteiger partial charge >= 0.3 is 0 Å². The van der Waals surface area contributed by atoms with Gasteiger partial charge in [-0.2, -0.15) is 0 Å². The maximum absolute atomic E-state index is 5.43. The van der Waals surface area contributed by atoms with E-state index in [0.29, 0.717) is 5.92 Å². The van der Waals surface area contributed by atoms with Crippen molar-refractivity contribution in [2.45, 2.75) is 38.6 Å². The highest BCUT2D eigenvalue weighted by atomic mass is 15.1. The van der Waals surface area contributed by atoms with Gasteiger partial charge in [0.25, 0.3) is 0 Å². The summed E-state index contributed by atoms with van der Waals surface area (Å²) < 4.78 is 0. The molecule has 0 radical (unpaired) electrons. The summed E-state index contributed by atoms with van der Waals surface area (Å²) in [6.07, 6.45) is 11.0. The molecule has 2 fully saturated rings. The van der Waals surface area contributed by atoms with E-state index in [1.165, 1.54) is 32.2 Å². The molecule has 0 heterocycles. The Kier molecular flexibility index (Phi) is 4.26. The van der Waals surface area contributed by atoms with Crippen LogP contribution in [0.25, 0.3) is 0 Å². The summed E-state index contributed by atoms with van der Waals surface area (Å²) in [6, 6.07) is 0.826. The van der Waals surface area contributed by atoms with Crippen LogP contribution in [-0.2, 0) is 0 Å². The third-order valence-electron chi connectivity index (χ3n) is 3.43. The fraction of sp³-hybridized carbons (Fsp3) is 0.857. The summed E-state index contributed by atoms with van der Waals surface area (Å²) in [6.45, 7) is 6.67. The molecule has 2 nitrogen and oxygen atoms in total. The summed E-state index contributed by atoms with van der Waals surface area (Å²) in [5, 5.41) is 3.59. The molecule has 0 spiro atoms. The second-order valence-corrected chi connectivity index (χ2v) is 5.63. The average Bonchev–Trinajstić information content (AvgIpc) is 3.10. The Morgan fingerprint density at radius 1 is 1.38 bits per heavy atom. The Morgan fingerprint density at radius 3 is 2.69 bits per heavy atom. The smallest absolute Gasteiger partial charge is 0.0599 e. The van der Waals surface area contributed by atoms with Crippen LogP contribution in [0, 0.1) is 24.2 Å². The van der Waals surface area contributed by atoms with Gasteiger partial charge in [0.15, 0.2) is 0 Å². The summed E-state index contributed by atoms with van der Waals surface area (Å²) in [7, 11) is 0. The molecule has 90 valence electrons. The van der Waals surface area contributed by atoms with Gasteiger partial charge in [0, 0.05) is 19.1 Å². The molecule has 0 aliphatic heterocycles. The second kappa shape index (κ2) is 5.70. The first kappa shape index (κ1) is 12.0. The molecule has 1 atom stereocenters. The molecule has 0 aromatic heterocycles. The van der Waals surface area contributed by atoms with Crippen LogP contribution < -0.4 is 5.32 Å². The Morgan fingerprint density at radius 2 is 2.12 bits per heavy atom. The second-order valence-electron chi connectivity index (χ2n) is 5.63. The topological polar surface area (TPSA) is 15.3 Å². The molecule has 16 heavy (non-hydrogen) atoms. The average molecular weight is 220 g/mol. The van der Waals surface area contributed by atoms with Crippen molar-refractivity contribution < 1.29 is 0 Å². The van der Waals surface area contributed by atoms with Crippen molar-refractivity contribution in [3.05, 3.63) is 0 Å². The van der Waals surface area contributed by atoms with E-state index in [9.17, 15) is 0 Å². The minimum atomic E-state index is 0.715. The van der Waals surface area contributed by atoms with Crippen molar-refractivity contribution in [2.75, 3.05) is 26.2 Å². The number of nitrogens with zero attached hydrogens (tertiary/aromatic N) is 1. The highest BCUT2D eigenvalue weighted by Gasteiger charge is 2.25. The van der Waals surface area contributed by atoms with E-state index in [4.69, 9.17) is 6.42 Å². The van der Waals surface area contributed by atoms with E-state index in [1.54, 1.807) is 0 Å². The normalized spacial score (nSPS) is 22.1. The number of terminal acetylenes is 1. The molecule has 0 saturated heterocycles. The van der Waals surface area contributed by atoms with Crippen molar-refractivity contribution in [3.8, 4) is 12.3 Å². The van der Waals surface area contributed by atoms with Crippen LogP contribution in [0.4, 0.5) is 0 Å². The van der Waals surface area contributed by atoms with Crippen molar-refractivity contribution in [3.63, 3.8) is 0 Å². The first-order chi connectivity index (χ1) is 7.78. The Balaban J connectivity index is 1.63. The molecule has 2 saturated carbocycles. The summed E-state index contributed by atoms with van der Waals surface area (Å²) >= 11 is 0. The highest BCUT2D eigenvalue weighted by molar-refractivity contribution is 4.91. The fourth-order valence-corrected chi connectivity index (χ4v) is 2.16. The monoisotopic (exact) mass is 220 g/mol. The van der Waals surface area contributed by atoms with Gasteiger partial charge in [-0.1, -0.05) is 12.8 Å². The van der Waals surface area contributed by atoms with E-state index in [0.717, 1.165) is 31.6 Å². The maximum atomic E-state index is 5.43. The predicted molar refractivity (Wildman–Crippen MR) is 68.2 cm³/mol. The van der Waals surface area contributed by atoms with Gasteiger partial charge in [-0.05, 0) is 44.1 Å². The molecule has 2 rings (SSSR count). The standard InChI is InChI=1S/C14H24N2/c1-3-8-16(11-13-4-5-13)10-12(2)9-15-14-6-7-14/h1,12-15H,4-11H2,2H3. The molecule has 0 bridgehead atoms. The van der Waals surface area contributed by atoms with Crippen LogP contribution >= 0.6 is 0 Å². The molecule has 0 aromatic rings. The van der Waals surface area contributed by atoms with Gasteiger partial charge < -0.3 is 5.32 Å². The molecule has 2 heteroatoms. The largest absolute Gasteiger partial charge is 0.314 e. The zero-order valence-corrected chi connectivity index (χ0v) is 10.4. The summed E-state index contributed by atoms with van der Waals surface area (Å²) in [5.41, 5.74) is 0. The third-order valence-corrected chi connectivity index (χ3v) is 3.43. The molecule has 1 N–H and O–H groups in total. The Labute approximate surface area is 99.8 Å². The Bertz CT molecular complexity index is 248. The van der Waals surface area contributed by atoms with Crippen molar-refractivity contribution in [1.82, 2.24) is 10.2 Å². The lowest BCUT2D eigenvalue weighted by Crippen LogP contribution is -2.35. The fourth-order valence-electron chi connectivity index (χ4n) is 2.16. The molecule has 1 unspecified atom stereocenters. The van der Waals surface area contributed by atoms with Crippen LogP contribution in [0.3, 0.4) is 0 Å². The van der Waals surface area contributed by atoms with Crippen LogP contribution in [-0.4, -0.2) is 37.1 Å². The first-order valence-electron chi connectivity index (χ1n) is 6.67. The third kappa shape index (κ3) is 4.55. The lowest BCUT2D eigenvalue weighted by atomic mass is 10.1. The zero-order chi connectivity index (χ0) is 11.4. The first-order valence-corrected chi connectivity index (χ1v) is 6.67. The minimum Gasteiger partial charge on any atom is -0.314 e. The Hall–Kier alpha value is -0.520. The lowest BCUT2D eigenvalue weighted by molar-refractivity contribution is 0.250. The molecule has 2 aliphatic carbocycles. The molecule has 0 aromatic carbocycles. The van der Waals surface area contributed by atoms with Gasteiger partial charge in [-0.3, -0.25) is 4.90 Å². The van der Waals surface area contributed by atoms with Crippen LogP contribution in [0.15, 0.2) is 0 Å². The van der Waals surface area contributed by atoms with E-state index < -0.39 is 0 Å². The number of hydrogen-bond acceptors (Lipinski definition) is 2. The van der Waals surface area contributed by atoms with Crippen molar-refractivity contribution in [2.24, 2.45) is 11.8 Å². The van der Waals surface area contributed by atoms with Crippen LogP contribution in [0.2, 0.25) is 0 Å². The van der Waals surface area contributed by atoms with Crippen LogP contribution in [0.1, 0.15) is 32.6 Å². The lowest BCUT2D eigenvalue weighted by Gasteiger charge is -2.23. The molecular weight excluding hydrogens is 196 g/mol. The zero-order valence-electron chi connectivity index (χ0n) is 10.4. The molecule has 2 aliphatic rings. The summed E-state index contributed by atoms with van der Waals surface area (Å²) in [4.78, 5) is 2.46. The quantitative estimate of drug-likeness (QED) is 0.627. The van der Waals surface area contributed by atoms with Crippen molar-refractivity contribution in [1.29, 1.82) is 0 Å². The highest BCUT2D eigenvalue weighted by Crippen LogP contribution is 2.29. The van der Waals surface area contributed by atoms with E-state index >= 15 is 0 Å². The number of hydrogen-bond donors (Lipinski definition) is 1. The maximum Gasteiger partial charge on any atom is 0.0599 e. The van der Waals surface area contributed by atoms with E-state index in [1.807, 2.05) is 0 Å². The van der Waals surface area contributed by atoms with Gasteiger partial charge in [0.2, 0.25) is 0 Å². The van der Waals surface area contributed by atoms with Gasteiger partial charge in [0.05, 0.1) is 6.54 Å². The van der Waals surface area contributed by atoms with Gasteiger partial charge in [0.1, 0.15) is 0 Å². The van der Waals surface area contributed by atoms with E-state index in [2.05, 4.69) is 23.1 Å². The minimum absolute atomic E-state index is 0.715. The van der Waals surface area contributed by atoms with Gasteiger partial charge in [-0.25, -0.2) is 0 Å². The van der Waals surface area contributed by atoms with Crippen LogP contribution in [0.5, 0.6) is 0 Å². The predicted octanol–water partition coefficient (Wildman–Crippen LogP) is 1.72. The number of nitrogens with one attached hydrogen (secondary N) is 1. The van der Waals surface area contributed by atoms with Crippen molar-refractivity contribution >= 4 is 0 Å². The van der Waals surface area contributed by atoms with E-state index in [-0.39, 0.29) is 0 Å². The molecule has 0 amide bonds. The SMILES string of the molecule is C#CCN(CC(C)CNC1CC1)CC1CC1. The number of rotatable bonds is 8. The van der Waals surface area contributed by atoms with Gasteiger partial charge in [-0.15, -0.1) is 6.42 Å².